The first-order valence-corrected chi connectivity index (χ1v) is 7.99. The van der Waals surface area contributed by atoms with Crippen LogP contribution in [0.3, 0.4) is 0 Å². The Labute approximate surface area is 137 Å². The minimum Gasteiger partial charge on any atom is -0.344 e. The normalized spacial score (nSPS) is 27.8. The molecule has 0 amide bonds. The number of fused-ring (bicyclic) bond motifs is 2. The topological polar surface area (TPSA) is 46.7 Å². The largest absolute Gasteiger partial charge is 0.344 e. The quantitative estimate of drug-likeness (QED) is 0.616. The third kappa shape index (κ3) is 2.22. The van der Waals surface area contributed by atoms with Gasteiger partial charge in [-0.1, -0.05) is 47.6 Å². The Morgan fingerprint density at radius 1 is 0.870 bits per heavy atom. The molecule has 1 saturated heterocycles. The number of allylic oxidation sites excluding steroid dienone is 2. The van der Waals surface area contributed by atoms with E-state index in [1.807, 2.05) is 39.8 Å². The molecule has 3 nitrogen and oxygen atoms in total. The smallest absolute Gasteiger partial charge is 0.199 e. The van der Waals surface area contributed by atoms with Gasteiger partial charge in [0.25, 0.3) is 0 Å². The SMILES string of the molecule is CC(C)=CCC12OC1(CC=C(C)C)C(=O)c1ccccc1C2=O. The molecule has 3 heteroatoms. The molecule has 0 bridgehead atoms. The van der Waals surface area contributed by atoms with Crippen LogP contribution in [0.2, 0.25) is 0 Å². The van der Waals surface area contributed by atoms with Crippen LogP contribution in [-0.2, 0) is 4.74 Å². The van der Waals surface area contributed by atoms with Gasteiger partial charge in [0.1, 0.15) is 0 Å². The van der Waals surface area contributed by atoms with E-state index < -0.39 is 11.2 Å². The summed E-state index contributed by atoms with van der Waals surface area (Å²) in [5.41, 5.74) is 1.16. The van der Waals surface area contributed by atoms with Gasteiger partial charge < -0.3 is 4.74 Å². The molecule has 0 saturated carbocycles. The van der Waals surface area contributed by atoms with E-state index in [1.54, 1.807) is 24.3 Å². The zero-order valence-corrected chi connectivity index (χ0v) is 14.1. The highest BCUT2D eigenvalue weighted by Gasteiger charge is 2.79. The fourth-order valence-corrected chi connectivity index (χ4v) is 3.34. The van der Waals surface area contributed by atoms with E-state index in [-0.39, 0.29) is 11.6 Å². The van der Waals surface area contributed by atoms with Gasteiger partial charge in [-0.25, -0.2) is 0 Å². The molecule has 1 aromatic carbocycles. The summed E-state index contributed by atoms with van der Waals surface area (Å²) in [5.74, 6) is -0.125. The Morgan fingerprint density at radius 3 is 1.61 bits per heavy atom. The molecular weight excluding hydrogens is 288 g/mol. The number of carbonyl (C=O) groups excluding carboxylic acids is 2. The van der Waals surface area contributed by atoms with Crippen LogP contribution in [0.1, 0.15) is 61.3 Å². The van der Waals surface area contributed by atoms with Crippen molar-refractivity contribution in [1.82, 2.24) is 0 Å². The van der Waals surface area contributed by atoms with Gasteiger partial charge >= 0.3 is 0 Å². The highest BCUT2D eigenvalue weighted by Crippen LogP contribution is 2.59. The second-order valence-corrected chi connectivity index (χ2v) is 6.93. The monoisotopic (exact) mass is 310 g/mol. The second-order valence-electron chi connectivity index (χ2n) is 6.93. The Balaban J connectivity index is 2.11. The average Bonchev–Trinajstić information content (AvgIpc) is 3.20. The summed E-state index contributed by atoms with van der Waals surface area (Å²) < 4.78 is 5.97. The van der Waals surface area contributed by atoms with Gasteiger partial charge in [-0.3, -0.25) is 9.59 Å². The van der Waals surface area contributed by atoms with Crippen molar-refractivity contribution < 1.29 is 14.3 Å². The summed E-state index contributed by atoms with van der Waals surface area (Å²) in [6.45, 7) is 7.94. The molecule has 2 atom stereocenters. The van der Waals surface area contributed by atoms with Gasteiger partial charge in [0.15, 0.2) is 22.8 Å². The molecule has 1 fully saturated rings. The van der Waals surface area contributed by atoms with E-state index in [2.05, 4.69) is 0 Å². The van der Waals surface area contributed by atoms with Crippen LogP contribution in [0.5, 0.6) is 0 Å². The lowest BCUT2D eigenvalue weighted by Crippen LogP contribution is -2.44. The summed E-state index contributed by atoms with van der Waals surface area (Å²) in [4.78, 5) is 26.1. The van der Waals surface area contributed by atoms with Crippen molar-refractivity contribution in [3.63, 3.8) is 0 Å². The Bertz CT molecular complexity index is 685. The summed E-state index contributed by atoms with van der Waals surface area (Å²) in [5, 5.41) is 0. The first kappa shape index (κ1) is 15.9. The van der Waals surface area contributed by atoms with E-state index in [4.69, 9.17) is 4.74 Å². The van der Waals surface area contributed by atoms with E-state index in [9.17, 15) is 9.59 Å². The average molecular weight is 310 g/mol. The lowest BCUT2D eigenvalue weighted by Gasteiger charge is -2.24. The first-order valence-electron chi connectivity index (χ1n) is 7.99. The molecule has 0 spiro atoms. The molecule has 1 aromatic rings. The van der Waals surface area contributed by atoms with Gasteiger partial charge in [0.05, 0.1) is 0 Å². The minimum absolute atomic E-state index is 0.0626. The number of epoxide rings is 1. The van der Waals surface area contributed by atoms with Crippen LogP contribution in [0, 0.1) is 0 Å². The molecule has 1 heterocycles. The third-order valence-electron chi connectivity index (χ3n) is 4.70. The highest BCUT2D eigenvalue weighted by atomic mass is 16.6. The minimum atomic E-state index is -1.03. The van der Waals surface area contributed by atoms with Crippen molar-refractivity contribution >= 4 is 11.6 Å². The van der Waals surface area contributed by atoms with Crippen molar-refractivity contribution in [2.45, 2.75) is 51.7 Å². The van der Waals surface area contributed by atoms with Crippen LogP contribution in [0.15, 0.2) is 47.6 Å². The molecule has 1 aliphatic heterocycles. The van der Waals surface area contributed by atoms with Crippen LogP contribution < -0.4 is 0 Å². The number of ketones is 2. The second kappa shape index (κ2) is 5.27. The molecule has 0 radical (unpaired) electrons. The van der Waals surface area contributed by atoms with Crippen LogP contribution in [0.4, 0.5) is 0 Å². The lowest BCUT2D eigenvalue weighted by atomic mass is 9.71. The molecule has 120 valence electrons. The van der Waals surface area contributed by atoms with Gasteiger partial charge in [0.2, 0.25) is 0 Å². The van der Waals surface area contributed by atoms with Crippen molar-refractivity contribution in [2.75, 3.05) is 0 Å². The molecule has 1 aliphatic carbocycles. The summed E-state index contributed by atoms with van der Waals surface area (Å²) in [7, 11) is 0. The summed E-state index contributed by atoms with van der Waals surface area (Å²) in [6, 6.07) is 7.05. The molecule has 0 N–H and O–H groups in total. The van der Waals surface area contributed by atoms with Crippen LogP contribution in [-0.4, -0.2) is 22.8 Å². The molecule has 3 rings (SSSR count). The van der Waals surface area contributed by atoms with E-state index >= 15 is 0 Å². The van der Waals surface area contributed by atoms with E-state index in [0.29, 0.717) is 24.0 Å². The zero-order chi connectivity index (χ0) is 16.8. The molecule has 2 aliphatic rings. The zero-order valence-electron chi connectivity index (χ0n) is 14.1. The number of rotatable bonds is 4. The first-order chi connectivity index (χ1) is 10.8. The Kier molecular flexibility index (Phi) is 3.64. The predicted octanol–water partition coefficient (Wildman–Crippen LogP) is 4.29. The fraction of sp³-hybridized carbons (Fsp3) is 0.400. The molecular formula is C20H22O3. The van der Waals surface area contributed by atoms with Crippen molar-refractivity contribution in [3.8, 4) is 0 Å². The predicted molar refractivity (Wildman–Crippen MR) is 89.7 cm³/mol. The standard InChI is InChI=1S/C20H22O3/c1-13(2)9-11-19-17(21)15-7-5-6-8-16(15)18(22)20(19,23-19)12-10-14(3)4/h5-10H,11-12H2,1-4H3. The Hall–Kier alpha value is -2.00. The van der Waals surface area contributed by atoms with Crippen molar-refractivity contribution in [2.24, 2.45) is 0 Å². The van der Waals surface area contributed by atoms with Gasteiger partial charge in [0, 0.05) is 24.0 Å². The number of ether oxygens (including phenoxy) is 1. The van der Waals surface area contributed by atoms with Gasteiger partial charge in [-0.15, -0.1) is 0 Å². The fourth-order valence-electron chi connectivity index (χ4n) is 3.34. The van der Waals surface area contributed by atoms with Crippen LogP contribution in [0.25, 0.3) is 0 Å². The van der Waals surface area contributed by atoms with E-state index in [0.717, 1.165) is 11.1 Å². The third-order valence-corrected chi connectivity index (χ3v) is 4.70. The molecule has 2 unspecified atom stereocenters. The highest BCUT2D eigenvalue weighted by molar-refractivity contribution is 6.25. The maximum atomic E-state index is 13.1. The van der Waals surface area contributed by atoms with E-state index in [1.165, 1.54) is 0 Å². The summed E-state index contributed by atoms with van der Waals surface area (Å²) in [6.07, 6.45) is 4.88. The lowest BCUT2D eigenvalue weighted by molar-refractivity contribution is 0.0840. The maximum Gasteiger partial charge on any atom is 0.199 e. The molecule has 23 heavy (non-hydrogen) atoms. The number of benzene rings is 1. The van der Waals surface area contributed by atoms with Crippen molar-refractivity contribution in [3.05, 3.63) is 58.7 Å². The number of hydrogen-bond donors (Lipinski definition) is 0. The van der Waals surface area contributed by atoms with Crippen molar-refractivity contribution in [1.29, 1.82) is 0 Å². The summed E-state index contributed by atoms with van der Waals surface area (Å²) >= 11 is 0. The number of Topliss-reactive ketones (excluding diaryl/α,β-unsaturated/α-hetero) is 2. The van der Waals surface area contributed by atoms with Crippen LogP contribution >= 0.6 is 0 Å². The molecule has 0 aromatic heterocycles. The Morgan fingerprint density at radius 2 is 1.26 bits per heavy atom. The number of carbonyl (C=O) groups is 2. The van der Waals surface area contributed by atoms with Gasteiger partial charge in [-0.05, 0) is 27.7 Å². The number of hydrogen-bond acceptors (Lipinski definition) is 3. The maximum absolute atomic E-state index is 13.1. The van der Waals surface area contributed by atoms with Gasteiger partial charge in [-0.2, -0.15) is 0 Å².